The van der Waals surface area contributed by atoms with E-state index < -0.39 is 0 Å². The zero-order chi connectivity index (χ0) is 23.5. The van der Waals surface area contributed by atoms with Gasteiger partial charge in [0.25, 0.3) is 5.56 Å². The van der Waals surface area contributed by atoms with Crippen LogP contribution in [0.15, 0.2) is 34.2 Å². The standard InChI is InChI=1S/C25H26N4O3S2/c26-12-11-16-7-9-17(10-8-16)27-21(30)15-33-25-28-23-22(19-5-1-2-6-20(19)34-23)24(31)29(25)14-18-4-3-13-32-18/h7-10,18H,1-6,11,13-15H2,(H,27,30)/t18-/m1/s1. The number of aryl methyl sites for hydroxylation is 2. The lowest BCUT2D eigenvalue weighted by molar-refractivity contribution is -0.113. The quantitative estimate of drug-likeness (QED) is 0.388. The average molecular weight is 495 g/mol. The molecule has 1 N–H and O–H groups in total. The van der Waals surface area contributed by atoms with E-state index in [1.165, 1.54) is 22.2 Å². The van der Waals surface area contributed by atoms with Gasteiger partial charge >= 0.3 is 0 Å². The first-order chi connectivity index (χ1) is 16.6. The van der Waals surface area contributed by atoms with E-state index in [4.69, 9.17) is 15.0 Å². The van der Waals surface area contributed by atoms with Gasteiger partial charge in [-0.1, -0.05) is 23.9 Å². The summed E-state index contributed by atoms with van der Waals surface area (Å²) in [5.74, 6) is -0.0179. The number of thiophene rings is 1. The fourth-order valence-corrected chi connectivity index (χ4v) is 6.72. The van der Waals surface area contributed by atoms with E-state index in [0.717, 1.165) is 60.9 Å². The maximum Gasteiger partial charge on any atom is 0.263 e. The Balaban J connectivity index is 1.38. The van der Waals surface area contributed by atoms with Crippen molar-refractivity contribution in [3.8, 4) is 6.07 Å². The molecule has 1 fully saturated rings. The van der Waals surface area contributed by atoms with Crippen LogP contribution in [0.3, 0.4) is 0 Å². The minimum Gasteiger partial charge on any atom is -0.376 e. The van der Waals surface area contributed by atoms with Gasteiger partial charge in [0.05, 0.1) is 36.3 Å². The third-order valence-corrected chi connectivity index (χ3v) is 8.47. The number of hydrogen-bond acceptors (Lipinski definition) is 7. The molecule has 1 amide bonds. The van der Waals surface area contributed by atoms with Gasteiger partial charge in [0, 0.05) is 17.2 Å². The topological polar surface area (TPSA) is 97.0 Å². The molecular weight excluding hydrogens is 468 g/mol. The summed E-state index contributed by atoms with van der Waals surface area (Å²) in [6, 6.07) is 9.37. The zero-order valence-corrected chi connectivity index (χ0v) is 20.5. The van der Waals surface area contributed by atoms with Gasteiger partial charge < -0.3 is 10.1 Å². The Morgan fingerprint density at radius 1 is 1.26 bits per heavy atom. The van der Waals surface area contributed by atoms with Crippen LogP contribution in [-0.2, 0) is 35.3 Å². The van der Waals surface area contributed by atoms with Crippen molar-refractivity contribution >= 4 is 44.9 Å². The van der Waals surface area contributed by atoms with Gasteiger partial charge in [-0.3, -0.25) is 14.2 Å². The van der Waals surface area contributed by atoms with Crippen molar-refractivity contribution in [2.45, 2.75) is 62.8 Å². The van der Waals surface area contributed by atoms with Crippen molar-refractivity contribution in [2.24, 2.45) is 0 Å². The molecule has 2 aromatic heterocycles. The number of hydrogen-bond donors (Lipinski definition) is 1. The number of fused-ring (bicyclic) bond motifs is 3. The number of thioether (sulfide) groups is 1. The van der Waals surface area contributed by atoms with Crippen molar-refractivity contribution < 1.29 is 9.53 Å². The minimum absolute atomic E-state index is 0.00381. The Morgan fingerprint density at radius 2 is 2.09 bits per heavy atom. The summed E-state index contributed by atoms with van der Waals surface area (Å²) in [4.78, 5) is 33.2. The predicted molar refractivity (Wildman–Crippen MR) is 135 cm³/mol. The van der Waals surface area contributed by atoms with Crippen LogP contribution in [0.2, 0.25) is 0 Å². The lowest BCUT2D eigenvalue weighted by Gasteiger charge is -2.16. The number of nitriles is 1. The number of anilines is 1. The van der Waals surface area contributed by atoms with Crippen molar-refractivity contribution in [1.29, 1.82) is 5.26 Å². The molecule has 1 atom stereocenters. The fraction of sp³-hybridized carbons (Fsp3) is 0.440. The van der Waals surface area contributed by atoms with Crippen LogP contribution in [0.5, 0.6) is 0 Å². The second kappa shape index (κ2) is 10.3. The second-order valence-corrected chi connectivity index (χ2v) is 10.7. The highest BCUT2D eigenvalue weighted by Crippen LogP contribution is 2.35. The van der Waals surface area contributed by atoms with Gasteiger partial charge in [-0.05, 0) is 61.8 Å². The van der Waals surface area contributed by atoms with Gasteiger partial charge in [-0.2, -0.15) is 5.26 Å². The Bertz CT molecular complexity index is 1300. The average Bonchev–Trinajstić information content (AvgIpc) is 3.49. The smallest absolute Gasteiger partial charge is 0.263 e. The van der Waals surface area contributed by atoms with Crippen LogP contribution in [0.1, 0.15) is 41.7 Å². The number of nitrogens with one attached hydrogen (secondary N) is 1. The van der Waals surface area contributed by atoms with Gasteiger partial charge in [-0.15, -0.1) is 11.3 Å². The van der Waals surface area contributed by atoms with Crippen molar-refractivity contribution in [2.75, 3.05) is 17.7 Å². The molecule has 9 heteroatoms. The first kappa shape index (κ1) is 23.1. The molecule has 7 nitrogen and oxygen atoms in total. The predicted octanol–water partition coefficient (Wildman–Crippen LogP) is 4.31. The molecular formula is C25H26N4O3S2. The molecule has 0 unspecified atom stereocenters. The maximum atomic E-state index is 13.6. The molecule has 1 aromatic carbocycles. The Labute approximate surface area is 206 Å². The molecule has 2 aliphatic rings. The van der Waals surface area contributed by atoms with Crippen molar-refractivity contribution in [3.63, 3.8) is 0 Å². The highest BCUT2D eigenvalue weighted by atomic mass is 32.2. The number of carbonyl (C=O) groups is 1. The number of carbonyl (C=O) groups excluding carboxylic acids is 1. The SMILES string of the molecule is N#CCc1ccc(NC(=O)CSc2nc3sc4c(c3c(=O)n2C[C@H]2CCCO2)CCCC4)cc1. The second-order valence-electron chi connectivity index (χ2n) is 8.70. The summed E-state index contributed by atoms with van der Waals surface area (Å²) in [5.41, 5.74) is 2.76. The van der Waals surface area contributed by atoms with E-state index in [0.29, 0.717) is 23.8 Å². The van der Waals surface area contributed by atoms with E-state index in [1.807, 2.05) is 12.1 Å². The summed E-state index contributed by atoms with van der Waals surface area (Å²) in [7, 11) is 0. The monoisotopic (exact) mass is 494 g/mol. The molecule has 0 bridgehead atoms. The van der Waals surface area contributed by atoms with E-state index in [-0.39, 0.29) is 23.3 Å². The normalized spacial score (nSPS) is 17.4. The lowest BCUT2D eigenvalue weighted by Crippen LogP contribution is -2.29. The number of benzene rings is 1. The Kier molecular flexibility index (Phi) is 6.99. The first-order valence-corrected chi connectivity index (χ1v) is 13.5. The van der Waals surface area contributed by atoms with Crippen LogP contribution in [0, 0.1) is 11.3 Å². The summed E-state index contributed by atoms with van der Waals surface area (Å²) in [6.07, 6.45) is 6.49. The largest absolute Gasteiger partial charge is 0.376 e. The third kappa shape index (κ3) is 4.90. The van der Waals surface area contributed by atoms with E-state index in [1.54, 1.807) is 28.0 Å². The highest BCUT2D eigenvalue weighted by molar-refractivity contribution is 7.99. The van der Waals surface area contributed by atoms with Crippen LogP contribution in [0.25, 0.3) is 10.2 Å². The van der Waals surface area contributed by atoms with Crippen molar-refractivity contribution in [3.05, 3.63) is 50.6 Å². The number of amides is 1. The van der Waals surface area contributed by atoms with Gasteiger partial charge in [0.1, 0.15) is 4.83 Å². The minimum atomic E-state index is -0.165. The van der Waals surface area contributed by atoms with E-state index in [2.05, 4.69) is 11.4 Å². The van der Waals surface area contributed by atoms with E-state index >= 15 is 0 Å². The highest BCUT2D eigenvalue weighted by Gasteiger charge is 2.25. The number of nitrogens with zero attached hydrogens (tertiary/aromatic N) is 3. The maximum absolute atomic E-state index is 13.6. The Hall–Kier alpha value is -2.67. The molecule has 0 saturated carbocycles. The molecule has 3 aromatic rings. The number of ether oxygens (including phenoxy) is 1. The zero-order valence-electron chi connectivity index (χ0n) is 18.8. The lowest BCUT2D eigenvalue weighted by atomic mass is 9.97. The first-order valence-electron chi connectivity index (χ1n) is 11.7. The summed E-state index contributed by atoms with van der Waals surface area (Å²) >= 11 is 2.92. The number of aromatic nitrogens is 2. The molecule has 1 aliphatic carbocycles. The molecule has 1 saturated heterocycles. The summed E-state index contributed by atoms with van der Waals surface area (Å²) in [6.45, 7) is 1.19. The van der Waals surface area contributed by atoms with Crippen LogP contribution in [0.4, 0.5) is 5.69 Å². The van der Waals surface area contributed by atoms with Crippen LogP contribution in [-0.4, -0.2) is 33.9 Å². The van der Waals surface area contributed by atoms with Crippen LogP contribution >= 0.6 is 23.1 Å². The van der Waals surface area contributed by atoms with E-state index in [9.17, 15) is 9.59 Å². The Morgan fingerprint density at radius 3 is 2.85 bits per heavy atom. The third-order valence-electron chi connectivity index (χ3n) is 6.30. The fourth-order valence-electron chi connectivity index (χ4n) is 4.61. The van der Waals surface area contributed by atoms with Crippen LogP contribution < -0.4 is 10.9 Å². The molecule has 176 valence electrons. The van der Waals surface area contributed by atoms with Crippen molar-refractivity contribution in [1.82, 2.24) is 9.55 Å². The molecule has 0 radical (unpaired) electrons. The molecule has 3 heterocycles. The molecule has 5 rings (SSSR count). The molecule has 0 spiro atoms. The number of rotatable bonds is 7. The molecule has 34 heavy (non-hydrogen) atoms. The summed E-state index contributed by atoms with van der Waals surface area (Å²) in [5, 5.41) is 13.0. The van der Waals surface area contributed by atoms with Gasteiger partial charge in [0.15, 0.2) is 5.16 Å². The molecule has 1 aliphatic heterocycles. The summed E-state index contributed by atoms with van der Waals surface area (Å²) < 4.78 is 7.54. The van der Waals surface area contributed by atoms with Gasteiger partial charge in [0.2, 0.25) is 5.91 Å². The van der Waals surface area contributed by atoms with Gasteiger partial charge in [-0.25, -0.2) is 4.98 Å².